The summed E-state index contributed by atoms with van der Waals surface area (Å²) in [5.74, 6) is 0.916. The maximum absolute atomic E-state index is 12.7. The number of likely N-dealkylation sites (tertiary alicyclic amines) is 1. The van der Waals surface area contributed by atoms with E-state index in [1.54, 1.807) is 6.07 Å². The second kappa shape index (κ2) is 5.99. The van der Waals surface area contributed by atoms with Gasteiger partial charge in [0.2, 0.25) is 0 Å². The third kappa shape index (κ3) is 2.15. The molecule has 0 spiro atoms. The number of carbonyl (C=O) groups is 1. The molecule has 2 N–H and O–H groups in total. The van der Waals surface area contributed by atoms with Crippen molar-refractivity contribution in [3.8, 4) is 11.5 Å². The molecule has 0 amide bonds. The average molecular weight is 359 g/mol. The Hall–Kier alpha value is -2.05. The molecule has 1 aromatic carbocycles. The number of aliphatic hydroxyl groups excluding tert-OH is 1. The van der Waals surface area contributed by atoms with Crippen molar-refractivity contribution >= 4 is 5.78 Å². The number of piperidine rings is 1. The van der Waals surface area contributed by atoms with Crippen LogP contribution in [0, 0.1) is 5.92 Å². The summed E-state index contributed by atoms with van der Waals surface area (Å²) in [6.45, 7) is 0.735. The number of ether oxygens (including phenoxy) is 2. The fourth-order valence-electron chi connectivity index (χ4n) is 5.32. The monoisotopic (exact) mass is 359 g/mol. The van der Waals surface area contributed by atoms with Gasteiger partial charge in [-0.3, -0.25) is 4.79 Å². The van der Waals surface area contributed by atoms with Crippen LogP contribution >= 0.6 is 0 Å². The number of methoxy groups -OCH3 is 2. The van der Waals surface area contributed by atoms with Crippen molar-refractivity contribution in [3.63, 3.8) is 0 Å². The molecule has 4 rings (SSSR count). The molecule has 0 unspecified atom stereocenters. The van der Waals surface area contributed by atoms with Crippen LogP contribution in [-0.4, -0.2) is 54.8 Å². The Kier molecular flexibility index (Phi) is 4.00. The number of phenolic OH excluding ortho intramolecular Hbond substituents is 1. The van der Waals surface area contributed by atoms with Crippen molar-refractivity contribution in [3.05, 3.63) is 34.6 Å². The Morgan fingerprint density at radius 2 is 2.12 bits per heavy atom. The van der Waals surface area contributed by atoms with E-state index in [2.05, 4.69) is 11.9 Å². The summed E-state index contributed by atoms with van der Waals surface area (Å²) >= 11 is 0. The van der Waals surface area contributed by atoms with Crippen LogP contribution in [0.25, 0.3) is 0 Å². The first-order valence-electron chi connectivity index (χ1n) is 8.99. The molecule has 0 saturated carbocycles. The zero-order valence-electron chi connectivity index (χ0n) is 15.4. The van der Waals surface area contributed by atoms with Gasteiger partial charge in [0.1, 0.15) is 0 Å². The summed E-state index contributed by atoms with van der Waals surface area (Å²) < 4.78 is 10.7. The first-order valence-corrected chi connectivity index (χ1v) is 8.99. The van der Waals surface area contributed by atoms with E-state index >= 15 is 0 Å². The smallest absolute Gasteiger partial charge is 0.197 e. The van der Waals surface area contributed by atoms with E-state index < -0.39 is 5.41 Å². The van der Waals surface area contributed by atoms with Gasteiger partial charge in [0.25, 0.3) is 0 Å². The van der Waals surface area contributed by atoms with Crippen LogP contribution in [0.15, 0.2) is 17.9 Å². The van der Waals surface area contributed by atoms with Crippen LogP contribution in [0.5, 0.6) is 11.5 Å². The van der Waals surface area contributed by atoms with Crippen molar-refractivity contribution in [1.82, 2.24) is 4.90 Å². The molecule has 0 radical (unpaired) electrons. The van der Waals surface area contributed by atoms with Gasteiger partial charge in [0, 0.05) is 29.4 Å². The number of ketones is 1. The normalized spacial score (nSPS) is 30.3. The van der Waals surface area contributed by atoms with E-state index in [9.17, 15) is 15.0 Å². The predicted molar refractivity (Wildman–Crippen MR) is 95.2 cm³/mol. The number of hydrogen-bond donors (Lipinski definition) is 2. The van der Waals surface area contributed by atoms with Gasteiger partial charge < -0.3 is 24.6 Å². The molecule has 1 fully saturated rings. The van der Waals surface area contributed by atoms with E-state index in [-0.39, 0.29) is 30.1 Å². The second-order valence-electron chi connectivity index (χ2n) is 7.62. The number of likely N-dealkylation sites (N-methyl/N-ethyl adjacent to an activating group) is 1. The summed E-state index contributed by atoms with van der Waals surface area (Å²) in [6.07, 6.45) is 3.74. The maximum atomic E-state index is 12.7. The molecule has 6 nitrogen and oxygen atoms in total. The molecule has 3 atom stereocenters. The fourth-order valence-corrected chi connectivity index (χ4v) is 5.32. The van der Waals surface area contributed by atoms with Crippen molar-refractivity contribution in [2.45, 2.75) is 37.3 Å². The maximum Gasteiger partial charge on any atom is 0.197 e. The number of fused-ring (bicyclic) bond motifs is 1. The lowest BCUT2D eigenvalue weighted by molar-refractivity contribution is -0.122. The molecule has 0 aromatic heterocycles. The molecule has 2 aliphatic carbocycles. The minimum absolute atomic E-state index is 0.0346. The molecule has 1 aromatic rings. The third-order valence-corrected chi connectivity index (χ3v) is 6.60. The van der Waals surface area contributed by atoms with E-state index in [4.69, 9.17) is 9.47 Å². The summed E-state index contributed by atoms with van der Waals surface area (Å²) in [5, 5.41) is 20.9. The van der Waals surface area contributed by atoms with Gasteiger partial charge in [-0.1, -0.05) is 0 Å². The molecular formula is C20H25NO5. The minimum Gasteiger partial charge on any atom is -0.504 e. The number of hydrogen-bond acceptors (Lipinski definition) is 6. The Morgan fingerprint density at radius 3 is 2.77 bits per heavy atom. The fraction of sp³-hybridized carbons (Fsp3) is 0.550. The van der Waals surface area contributed by atoms with Gasteiger partial charge in [-0.15, -0.1) is 0 Å². The van der Waals surface area contributed by atoms with Gasteiger partial charge in [-0.25, -0.2) is 0 Å². The van der Waals surface area contributed by atoms with Gasteiger partial charge in [0.15, 0.2) is 23.0 Å². The van der Waals surface area contributed by atoms with Crippen molar-refractivity contribution in [2.75, 3.05) is 27.8 Å². The highest BCUT2D eigenvalue weighted by Gasteiger charge is 2.57. The SMILES string of the molecule is COC1=C[C@@H]2[C@@H]3Cc4c(CO)cc(OC)c(O)c4[C@]2(CCN3C)CC1=O. The highest BCUT2D eigenvalue weighted by atomic mass is 16.5. The van der Waals surface area contributed by atoms with Crippen molar-refractivity contribution < 1.29 is 24.5 Å². The van der Waals surface area contributed by atoms with E-state index in [0.717, 1.165) is 29.7 Å². The zero-order valence-corrected chi connectivity index (χ0v) is 15.4. The minimum atomic E-state index is -0.480. The number of carbonyl (C=O) groups excluding carboxylic acids is 1. The molecule has 26 heavy (non-hydrogen) atoms. The Bertz CT molecular complexity index is 802. The van der Waals surface area contributed by atoms with E-state index in [1.807, 2.05) is 6.08 Å². The van der Waals surface area contributed by atoms with E-state index in [1.165, 1.54) is 14.2 Å². The Balaban J connectivity index is 2.02. The van der Waals surface area contributed by atoms with Gasteiger partial charge in [0.05, 0.1) is 20.8 Å². The van der Waals surface area contributed by atoms with Crippen LogP contribution in [0.1, 0.15) is 29.5 Å². The summed E-state index contributed by atoms with van der Waals surface area (Å²) in [5.41, 5.74) is 2.03. The average Bonchev–Trinajstić information content (AvgIpc) is 2.64. The van der Waals surface area contributed by atoms with E-state index in [0.29, 0.717) is 24.4 Å². The topological polar surface area (TPSA) is 79.2 Å². The molecule has 1 saturated heterocycles. The molecular weight excluding hydrogens is 334 g/mol. The number of phenols is 1. The number of aliphatic hydroxyl groups is 1. The molecule has 1 heterocycles. The van der Waals surface area contributed by atoms with Crippen LogP contribution in [0.4, 0.5) is 0 Å². The molecule has 6 heteroatoms. The number of benzene rings is 1. The standard InChI is InChI=1S/C20H25NO5/c1-21-5-4-20-9-15(23)16(25-2)8-13(20)14(21)7-12-11(10-22)6-17(26-3)19(24)18(12)20/h6,8,13-14,22,24H,4-5,7,9-10H2,1-3H3/t13-,14+,20-/m1/s1. The number of allylic oxidation sites excluding steroid dienone is 1. The predicted octanol–water partition coefficient (Wildman–Crippen LogP) is 1.51. The molecule has 3 aliphatic rings. The molecule has 1 aliphatic heterocycles. The third-order valence-electron chi connectivity index (χ3n) is 6.60. The van der Waals surface area contributed by atoms with Crippen LogP contribution in [-0.2, 0) is 28.0 Å². The van der Waals surface area contributed by atoms with Gasteiger partial charge in [-0.2, -0.15) is 0 Å². The summed E-state index contributed by atoms with van der Waals surface area (Å²) in [6, 6.07) is 1.91. The first-order chi connectivity index (χ1) is 12.5. The second-order valence-corrected chi connectivity index (χ2v) is 7.62. The number of nitrogens with zero attached hydrogens (tertiary/aromatic N) is 1. The zero-order chi connectivity index (χ0) is 18.6. The molecule has 2 bridgehead atoms. The van der Waals surface area contributed by atoms with Crippen LogP contribution < -0.4 is 4.74 Å². The van der Waals surface area contributed by atoms with Crippen molar-refractivity contribution in [1.29, 1.82) is 0 Å². The first kappa shape index (κ1) is 17.4. The highest BCUT2D eigenvalue weighted by Crippen LogP contribution is 2.58. The van der Waals surface area contributed by atoms with Gasteiger partial charge in [-0.05, 0) is 49.7 Å². The van der Waals surface area contributed by atoms with Gasteiger partial charge >= 0.3 is 0 Å². The lowest BCUT2D eigenvalue weighted by atomic mass is 9.53. The lowest BCUT2D eigenvalue weighted by Gasteiger charge is -2.56. The summed E-state index contributed by atoms with van der Waals surface area (Å²) in [7, 11) is 5.13. The molecule has 140 valence electrons. The number of aromatic hydroxyl groups is 1. The Morgan fingerprint density at radius 1 is 1.35 bits per heavy atom. The highest BCUT2D eigenvalue weighted by molar-refractivity contribution is 5.96. The Labute approximate surface area is 153 Å². The quantitative estimate of drug-likeness (QED) is 0.852. The number of rotatable bonds is 3. The van der Waals surface area contributed by atoms with Crippen LogP contribution in [0.2, 0.25) is 0 Å². The van der Waals surface area contributed by atoms with Crippen LogP contribution in [0.3, 0.4) is 0 Å². The summed E-state index contributed by atoms with van der Waals surface area (Å²) in [4.78, 5) is 15.0. The van der Waals surface area contributed by atoms with Crippen molar-refractivity contribution in [2.24, 2.45) is 5.92 Å². The number of Topliss-reactive ketones (excluding diaryl/α,β-unsaturated/α-hetero) is 1. The largest absolute Gasteiger partial charge is 0.504 e. The lowest BCUT2D eigenvalue weighted by Crippen LogP contribution is -2.60.